The van der Waals surface area contributed by atoms with Gasteiger partial charge in [-0.05, 0) is 38.1 Å². The summed E-state index contributed by atoms with van der Waals surface area (Å²) in [5.74, 6) is 3.15. The summed E-state index contributed by atoms with van der Waals surface area (Å²) in [6.07, 6.45) is 1.10. The molecule has 1 aromatic carbocycles. The Morgan fingerprint density at radius 2 is 2.07 bits per heavy atom. The van der Waals surface area contributed by atoms with Gasteiger partial charge in [-0.15, -0.1) is 0 Å². The van der Waals surface area contributed by atoms with Crippen molar-refractivity contribution in [2.24, 2.45) is 7.05 Å². The lowest BCUT2D eigenvalue weighted by molar-refractivity contribution is 0.130. The number of benzene rings is 1. The van der Waals surface area contributed by atoms with Gasteiger partial charge in [0.15, 0.2) is 0 Å². The van der Waals surface area contributed by atoms with E-state index in [1.54, 1.807) is 10.9 Å². The number of rotatable bonds is 7. The number of hydrogen-bond donors (Lipinski definition) is 1. The molecule has 1 aromatic heterocycles. The van der Waals surface area contributed by atoms with Crippen LogP contribution >= 0.6 is 11.8 Å². The van der Waals surface area contributed by atoms with Gasteiger partial charge in [0.2, 0.25) is 0 Å². The first kappa shape index (κ1) is 20.5. The number of anilines is 1. The minimum absolute atomic E-state index is 0.174. The van der Waals surface area contributed by atoms with Crippen molar-refractivity contribution in [3.8, 4) is 17.0 Å². The van der Waals surface area contributed by atoms with Gasteiger partial charge in [-0.2, -0.15) is 16.9 Å². The molecule has 0 unspecified atom stereocenters. The van der Waals surface area contributed by atoms with Gasteiger partial charge in [0, 0.05) is 55.6 Å². The molecule has 1 fully saturated rings. The zero-order valence-corrected chi connectivity index (χ0v) is 17.5. The molecule has 152 valence electrons. The third-order valence-corrected chi connectivity index (χ3v) is 5.38. The summed E-state index contributed by atoms with van der Waals surface area (Å²) < 4.78 is 13.1. The Kier molecular flexibility index (Phi) is 7.22. The number of nitrogens with one attached hydrogen (secondary N) is 1. The second-order valence-electron chi connectivity index (χ2n) is 6.93. The van der Waals surface area contributed by atoms with Gasteiger partial charge in [-0.25, -0.2) is 4.79 Å². The van der Waals surface area contributed by atoms with Gasteiger partial charge in [0.05, 0.1) is 11.8 Å². The lowest BCUT2D eigenvalue weighted by Crippen LogP contribution is -2.35. The average Bonchev–Trinajstić information content (AvgIpc) is 3.08. The molecule has 1 amide bonds. The van der Waals surface area contributed by atoms with E-state index < -0.39 is 6.09 Å². The summed E-state index contributed by atoms with van der Waals surface area (Å²) in [5, 5.41) is 7.03. The van der Waals surface area contributed by atoms with E-state index in [-0.39, 0.29) is 6.10 Å². The van der Waals surface area contributed by atoms with Crippen molar-refractivity contribution in [2.45, 2.75) is 20.0 Å². The highest BCUT2D eigenvalue weighted by atomic mass is 32.2. The lowest BCUT2D eigenvalue weighted by Gasteiger charge is -2.26. The molecule has 2 aromatic rings. The van der Waals surface area contributed by atoms with Crippen LogP contribution in [0.3, 0.4) is 0 Å². The quantitative estimate of drug-likeness (QED) is 0.762. The summed E-state index contributed by atoms with van der Waals surface area (Å²) in [6.45, 7) is 7.40. The molecule has 2 heterocycles. The molecule has 1 aliphatic heterocycles. The SMILES string of the molecule is CC(C)OC(=O)Nc1ccc(OCCN2CCSCC2)c(-c2ccnn2C)c1. The van der Waals surface area contributed by atoms with Crippen LogP contribution in [0.15, 0.2) is 30.5 Å². The number of carbonyl (C=O) groups excluding carboxylic acids is 1. The predicted molar refractivity (Wildman–Crippen MR) is 113 cm³/mol. The highest BCUT2D eigenvalue weighted by Crippen LogP contribution is 2.32. The van der Waals surface area contributed by atoms with E-state index in [2.05, 4.69) is 15.3 Å². The van der Waals surface area contributed by atoms with E-state index in [0.717, 1.165) is 36.6 Å². The van der Waals surface area contributed by atoms with Crippen LogP contribution in [0, 0.1) is 0 Å². The average molecular weight is 405 g/mol. The Morgan fingerprint density at radius 1 is 1.29 bits per heavy atom. The van der Waals surface area contributed by atoms with Crippen LogP contribution in [-0.2, 0) is 11.8 Å². The van der Waals surface area contributed by atoms with Crippen LogP contribution in [-0.4, -0.2) is 64.6 Å². The van der Waals surface area contributed by atoms with E-state index >= 15 is 0 Å². The number of aromatic nitrogens is 2. The monoisotopic (exact) mass is 404 g/mol. The first-order valence-corrected chi connectivity index (χ1v) is 10.7. The molecule has 8 heteroatoms. The van der Waals surface area contributed by atoms with Gasteiger partial charge in [-0.1, -0.05) is 0 Å². The lowest BCUT2D eigenvalue weighted by atomic mass is 10.1. The van der Waals surface area contributed by atoms with Crippen molar-refractivity contribution in [1.82, 2.24) is 14.7 Å². The normalized spacial score (nSPS) is 14.9. The standard InChI is InChI=1S/C20H28N4O3S/c1-15(2)27-20(25)22-16-4-5-19(17(14-16)18-6-7-21-23(18)3)26-11-8-24-9-12-28-13-10-24/h4-7,14-15H,8-13H2,1-3H3,(H,22,25). The third-order valence-electron chi connectivity index (χ3n) is 4.43. The van der Waals surface area contributed by atoms with E-state index in [1.165, 1.54) is 11.5 Å². The molecule has 0 radical (unpaired) electrons. The number of ether oxygens (including phenoxy) is 2. The fourth-order valence-corrected chi connectivity index (χ4v) is 4.02. The molecule has 0 atom stereocenters. The smallest absolute Gasteiger partial charge is 0.411 e. The molecule has 1 saturated heterocycles. The Labute approximate surface area is 170 Å². The molecular formula is C20H28N4O3S. The Hall–Kier alpha value is -2.19. The Balaban J connectivity index is 1.73. The van der Waals surface area contributed by atoms with Gasteiger partial charge in [0.1, 0.15) is 12.4 Å². The number of hydrogen-bond acceptors (Lipinski definition) is 6. The fraction of sp³-hybridized carbons (Fsp3) is 0.500. The summed E-state index contributed by atoms with van der Waals surface area (Å²) in [5.41, 5.74) is 2.46. The zero-order chi connectivity index (χ0) is 19.9. The van der Waals surface area contributed by atoms with Gasteiger partial charge in [-0.3, -0.25) is 14.9 Å². The molecule has 0 aliphatic carbocycles. The molecule has 7 nitrogen and oxygen atoms in total. The minimum Gasteiger partial charge on any atom is -0.492 e. The van der Waals surface area contributed by atoms with Crippen molar-refractivity contribution in [1.29, 1.82) is 0 Å². The molecule has 0 bridgehead atoms. The number of thioether (sulfide) groups is 1. The van der Waals surface area contributed by atoms with E-state index in [9.17, 15) is 4.79 Å². The van der Waals surface area contributed by atoms with E-state index in [4.69, 9.17) is 9.47 Å². The maximum absolute atomic E-state index is 11.9. The van der Waals surface area contributed by atoms with Crippen LogP contribution < -0.4 is 10.1 Å². The Morgan fingerprint density at radius 3 is 2.75 bits per heavy atom. The van der Waals surface area contributed by atoms with Crippen molar-refractivity contribution in [3.05, 3.63) is 30.5 Å². The molecule has 0 spiro atoms. The summed E-state index contributed by atoms with van der Waals surface area (Å²) in [6, 6.07) is 7.54. The minimum atomic E-state index is -0.470. The van der Waals surface area contributed by atoms with E-state index in [1.807, 2.05) is 56.9 Å². The molecular weight excluding hydrogens is 376 g/mol. The van der Waals surface area contributed by atoms with Crippen molar-refractivity contribution in [2.75, 3.05) is 43.1 Å². The van der Waals surface area contributed by atoms with Crippen molar-refractivity contribution in [3.63, 3.8) is 0 Å². The second kappa shape index (κ2) is 9.84. The van der Waals surface area contributed by atoms with Gasteiger partial charge < -0.3 is 9.47 Å². The number of nitrogens with zero attached hydrogens (tertiary/aromatic N) is 3. The zero-order valence-electron chi connectivity index (χ0n) is 16.7. The van der Waals surface area contributed by atoms with Gasteiger partial charge >= 0.3 is 6.09 Å². The largest absolute Gasteiger partial charge is 0.492 e. The number of amides is 1. The van der Waals surface area contributed by atoms with Crippen LogP contribution in [0.5, 0.6) is 5.75 Å². The summed E-state index contributed by atoms with van der Waals surface area (Å²) in [7, 11) is 1.89. The number of aryl methyl sites for hydroxylation is 1. The molecule has 28 heavy (non-hydrogen) atoms. The summed E-state index contributed by atoms with van der Waals surface area (Å²) >= 11 is 2.00. The summed E-state index contributed by atoms with van der Waals surface area (Å²) in [4.78, 5) is 14.4. The van der Waals surface area contributed by atoms with Crippen LogP contribution in [0.1, 0.15) is 13.8 Å². The first-order valence-electron chi connectivity index (χ1n) is 9.56. The Bertz CT molecular complexity index is 788. The fourth-order valence-electron chi connectivity index (χ4n) is 3.04. The molecule has 1 aliphatic rings. The topological polar surface area (TPSA) is 68.6 Å². The second-order valence-corrected chi connectivity index (χ2v) is 8.16. The van der Waals surface area contributed by atoms with Gasteiger partial charge in [0.25, 0.3) is 0 Å². The molecule has 1 N–H and O–H groups in total. The van der Waals surface area contributed by atoms with Crippen molar-refractivity contribution >= 4 is 23.5 Å². The maximum atomic E-state index is 11.9. The highest BCUT2D eigenvalue weighted by molar-refractivity contribution is 7.99. The van der Waals surface area contributed by atoms with Crippen LogP contribution in [0.25, 0.3) is 11.3 Å². The molecule has 0 saturated carbocycles. The van der Waals surface area contributed by atoms with Crippen molar-refractivity contribution < 1.29 is 14.3 Å². The van der Waals surface area contributed by atoms with E-state index in [0.29, 0.717) is 12.3 Å². The number of carbonyl (C=O) groups is 1. The maximum Gasteiger partial charge on any atom is 0.411 e. The molecule has 3 rings (SSSR count). The predicted octanol–water partition coefficient (Wildman–Crippen LogP) is 3.47. The first-order chi connectivity index (χ1) is 13.5. The highest BCUT2D eigenvalue weighted by Gasteiger charge is 2.15. The van der Waals surface area contributed by atoms with Crippen LogP contribution in [0.2, 0.25) is 0 Å². The van der Waals surface area contributed by atoms with Crippen LogP contribution in [0.4, 0.5) is 10.5 Å². The third kappa shape index (κ3) is 5.65.